The highest BCUT2D eigenvalue weighted by molar-refractivity contribution is 6.20. The number of nitrogens with zero attached hydrogens (tertiary/aromatic N) is 1. The van der Waals surface area contributed by atoms with Gasteiger partial charge < -0.3 is 13.7 Å². The zero-order valence-electron chi connectivity index (χ0n) is 29.8. The van der Waals surface area contributed by atoms with E-state index < -0.39 is 0 Å². The molecule has 0 saturated heterocycles. The molecule has 0 fully saturated rings. The van der Waals surface area contributed by atoms with Crippen molar-refractivity contribution in [3.63, 3.8) is 0 Å². The van der Waals surface area contributed by atoms with Crippen LogP contribution in [0.25, 0.3) is 88.0 Å². The third kappa shape index (κ3) is 5.20. The van der Waals surface area contributed by atoms with Gasteiger partial charge in [-0.2, -0.15) is 0 Å². The summed E-state index contributed by atoms with van der Waals surface area (Å²) in [5.41, 5.74) is 13.6. The Balaban J connectivity index is 1.09. The van der Waals surface area contributed by atoms with Crippen molar-refractivity contribution in [1.29, 1.82) is 0 Å². The van der Waals surface area contributed by atoms with Crippen molar-refractivity contribution in [3.8, 4) is 33.4 Å². The van der Waals surface area contributed by atoms with E-state index in [1.54, 1.807) is 0 Å². The summed E-state index contributed by atoms with van der Waals surface area (Å²) in [4.78, 5) is 2.35. The van der Waals surface area contributed by atoms with Gasteiger partial charge in [-0.15, -0.1) is 0 Å². The Morgan fingerprint density at radius 1 is 0.327 bits per heavy atom. The van der Waals surface area contributed by atoms with E-state index in [9.17, 15) is 0 Å². The Hall–Kier alpha value is -7.36. The fourth-order valence-electron chi connectivity index (χ4n) is 8.21. The first kappa shape index (κ1) is 31.2. The first-order chi connectivity index (χ1) is 27.3. The molecule has 0 atom stereocenters. The summed E-state index contributed by atoms with van der Waals surface area (Å²) in [6.07, 6.45) is 0. The van der Waals surface area contributed by atoms with Gasteiger partial charge >= 0.3 is 0 Å². The van der Waals surface area contributed by atoms with Gasteiger partial charge in [0.1, 0.15) is 22.3 Å². The summed E-state index contributed by atoms with van der Waals surface area (Å²) in [7, 11) is 0. The summed E-state index contributed by atoms with van der Waals surface area (Å²) in [5.74, 6) is 0. The predicted octanol–water partition coefficient (Wildman–Crippen LogP) is 15.1. The summed E-state index contributed by atoms with van der Waals surface area (Å²) < 4.78 is 13.2. The highest BCUT2D eigenvalue weighted by atomic mass is 16.3. The van der Waals surface area contributed by atoms with Crippen LogP contribution in [0.15, 0.2) is 209 Å². The average Bonchev–Trinajstić information content (AvgIpc) is 3.83. The highest BCUT2D eigenvalue weighted by Crippen LogP contribution is 2.45. The largest absolute Gasteiger partial charge is 0.455 e. The Morgan fingerprint density at radius 2 is 0.891 bits per heavy atom. The second kappa shape index (κ2) is 12.6. The van der Waals surface area contributed by atoms with Crippen molar-refractivity contribution in [2.45, 2.75) is 0 Å². The van der Waals surface area contributed by atoms with Crippen LogP contribution in [0.1, 0.15) is 0 Å². The molecule has 0 amide bonds. The minimum atomic E-state index is 0.875. The third-order valence-corrected chi connectivity index (χ3v) is 10.9. The molecule has 11 aromatic rings. The second-order valence-electron chi connectivity index (χ2n) is 14.1. The number of hydrogen-bond acceptors (Lipinski definition) is 3. The molecule has 258 valence electrons. The van der Waals surface area contributed by atoms with Crippen molar-refractivity contribution in [1.82, 2.24) is 0 Å². The smallest absolute Gasteiger partial charge is 0.145 e. The van der Waals surface area contributed by atoms with E-state index in [0.717, 1.165) is 82.8 Å². The number of rotatable bonds is 6. The van der Waals surface area contributed by atoms with E-state index in [0.29, 0.717) is 0 Å². The Morgan fingerprint density at radius 3 is 1.65 bits per heavy atom. The van der Waals surface area contributed by atoms with Crippen molar-refractivity contribution in [2.75, 3.05) is 4.90 Å². The first-order valence-corrected chi connectivity index (χ1v) is 18.7. The van der Waals surface area contributed by atoms with Crippen LogP contribution in [0, 0.1) is 0 Å². The maximum atomic E-state index is 6.80. The van der Waals surface area contributed by atoms with Gasteiger partial charge in [0.05, 0.1) is 5.69 Å². The predicted molar refractivity (Wildman–Crippen MR) is 229 cm³/mol. The van der Waals surface area contributed by atoms with Gasteiger partial charge in [0, 0.05) is 43.9 Å². The molecule has 55 heavy (non-hydrogen) atoms. The van der Waals surface area contributed by atoms with E-state index in [-0.39, 0.29) is 0 Å². The van der Waals surface area contributed by atoms with E-state index in [4.69, 9.17) is 8.83 Å². The van der Waals surface area contributed by atoms with Crippen LogP contribution in [-0.4, -0.2) is 0 Å². The molecule has 0 radical (unpaired) electrons. The topological polar surface area (TPSA) is 29.5 Å². The van der Waals surface area contributed by atoms with Gasteiger partial charge in [-0.05, 0) is 87.8 Å². The molecule has 9 aromatic carbocycles. The van der Waals surface area contributed by atoms with Crippen LogP contribution in [-0.2, 0) is 0 Å². The molecule has 0 spiro atoms. The molecule has 0 aliphatic rings. The fraction of sp³-hybridized carbons (Fsp3) is 0. The summed E-state index contributed by atoms with van der Waals surface area (Å²) in [6, 6.07) is 70.9. The lowest BCUT2D eigenvalue weighted by Crippen LogP contribution is -2.10. The molecule has 0 N–H and O–H groups in total. The number of para-hydroxylation sites is 2. The molecule has 0 aliphatic heterocycles. The van der Waals surface area contributed by atoms with Crippen LogP contribution in [0.3, 0.4) is 0 Å². The number of hydrogen-bond donors (Lipinski definition) is 0. The van der Waals surface area contributed by atoms with Gasteiger partial charge in [-0.25, -0.2) is 0 Å². The normalized spacial score (nSPS) is 11.6. The molecule has 0 aliphatic carbocycles. The molecule has 0 unspecified atom stereocenters. The third-order valence-electron chi connectivity index (χ3n) is 10.9. The zero-order chi connectivity index (χ0) is 36.3. The summed E-state index contributed by atoms with van der Waals surface area (Å²) >= 11 is 0. The molecular weight excluding hydrogens is 671 g/mol. The molecule has 3 nitrogen and oxygen atoms in total. The minimum absolute atomic E-state index is 0.875. The molecule has 2 aromatic heterocycles. The van der Waals surface area contributed by atoms with Crippen LogP contribution in [0.5, 0.6) is 0 Å². The lowest BCUT2D eigenvalue weighted by Gasteiger charge is -2.27. The number of benzene rings is 9. The van der Waals surface area contributed by atoms with Crippen LogP contribution < -0.4 is 4.90 Å². The fourth-order valence-corrected chi connectivity index (χ4v) is 8.21. The Bertz CT molecular complexity index is 3180. The standard InChI is InChI=1S/C52H33NO2/c1-3-11-34(12-4-1)36-21-27-40(28-22-36)53(41-29-23-37(24-30-41)42-17-10-18-44-43-16-7-8-20-48(43)54-51(42)44)47-19-9-15-38-25-31-45-46-33-39(35-13-5-2-6-14-35)26-32-49(46)55-52(45)50(38)47/h1-33H. The zero-order valence-corrected chi connectivity index (χ0v) is 29.8. The Kier molecular flexibility index (Phi) is 7.17. The number of anilines is 3. The maximum absolute atomic E-state index is 6.80. The van der Waals surface area contributed by atoms with E-state index in [1.165, 1.54) is 22.3 Å². The maximum Gasteiger partial charge on any atom is 0.145 e. The molecular formula is C52H33NO2. The SMILES string of the molecule is c1ccc(-c2ccc(N(c3ccc(-c4cccc5c4oc4ccccc45)cc3)c3cccc4ccc5c6cc(-c7ccccc7)ccc6oc5c34)cc2)cc1. The molecule has 2 heterocycles. The van der Waals surface area contributed by atoms with Crippen molar-refractivity contribution < 1.29 is 8.83 Å². The van der Waals surface area contributed by atoms with Gasteiger partial charge in [-0.3, -0.25) is 0 Å². The van der Waals surface area contributed by atoms with Crippen LogP contribution in [0.2, 0.25) is 0 Å². The van der Waals surface area contributed by atoms with Crippen molar-refractivity contribution in [3.05, 3.63) is 200 Å². The minimum Gasteiger partial charge on any atom is -0.455 e. The molecule has 0 bridgehead atoms. The molecule has 0 saturated carbocycles. The van der Waals surface area contributed by atoms with Gasteiger partial charge in [0.2, 0.25) is 0 Å². The van der Waals surface area contributed by atoms with Crippen LogP contribution in [0.4, 0.5) is 17.1 Å². The van der Waals surface area contributed by atoms with Gasteiger partial charge in [0.15, 0.2) is 0 Å². The molecule has 11 rings (SSSR count). The van der Waals surface area contributed by atoms with Gasteiger partial charge in [-0.1, -0.05) is 146 Å². The van der Waals surface area contributed by atoms with E-state index in [2.05, 4.69) is 193 Å². The van der Waals surface area contributed by atoms with Gasteiger partial charge in [0.25, 0.3) is 0 Å². The summed E-state index contributed by atoms with van der Waals surface area (Å²) in [6.45, 7) is 0. The monoisotopic (exact) mass is 703 g/mol. The van der Waals surface area contributed by atoms with E-state index in [1.807, 2.05) is 12.1 Å². The highest BCUT2D eigenvalue weighted by Gasteiger charge is 2.21. The number of furan rings is 2. The number of fused-ring (bicyclic) bond motifs is 8. The quantitative estimate of drug-likeness (QED) is 0.173. The Labute approximate surface area is 317 Å². The summed E-state index contributed by atoms with van der Waals surface area (Å²) in [5, 5.41) is 6.65. The molecule has 3 heteroatoms. The second-order valence-corrected chi connectivity index (χ2v) is 14.1. The van der Waals surface area contributed by atoms with Crippen LogP contribution >= 0.6 is 0 Å². The lowest BCUT2D eigenvalue weighted by molar-refractivity contribution is 0.670. The van der Waals surface area contributed by atoms with Crippen molar-refractivity contribution in [2.24, 2.45) is 0 Å². The van der Waals surface area contributed by atoms with E-state index >= 15 is 0 Å². The lowest BCUT2D eigenvalue weighted by atomic mass is 9.99. The first-order valence-electron chi connectivity index (χ1n) is 18.7. The van der Waals surface area contributed by atoms with Crippen molar-refractivity contribution >= 4 is 71.7 Å². The average molecular weight is 704 g/mol.